The van der Waals surface area contributed by atoms with Crippen molar-refractivity contribution in [2.24, 2.45) is 5.92 Å². The minimum absolute atomic E-state index is 0.641. The molecule has 78 valence electrons. The highest BCUT2D eigenvalue weighted by atomic mass is 35.5. The minimum atomic E-state index is 0.641. The molecule has 5 heteroatoms. The highest BCUT2D eigenvalue weighted by Gasteiger charge is 2.23. The van der Waals surface area contributed by atoms with Crippen LogP contribution in [0.15, 0.2) is 6.20 Å². The van der Waals surface area contributed by atoms with Gasteiger partial charge in [0.25, 0.3) is 0 Å². The summed E-state index contributed by atoms with van der Waals surface area (Å²) in [7, 11) is 0. The second-order valence-electron chi connectivity index (χ2n) is 3.56. The van der Waals surface area contributed by atoms with Gasteiger partial charge in [0, 0.05) is 18.3 Å². The maximum atomic E-state index is 5.81. The van der Waals surface area contributed by atoms with Crippen LogP contribution in [0.4, 0.5) is 0 Å². The van der Waals surface area contributed by atoms with Gasteiger partial charge >= 0.3 is 0 Å². The van der Waals surface area contributed by atoms with Crippen LogP contribution in [0.5, 0.6) is 0 Å². The minimum Gasteiger partial charge on any atom is -0.307 e. The average Bonchev–Trinajstić information content (AvgIpc) is 2.72. The zero-order valence-electron chi connectivity index (χ0n) is 8.00. The molecule has 0 amide bonds. The molecule has 2 nitrogen and oxygen atoms in total. The van der Waals surface area contributed by atoms with Crippen LogP contribution >= 0.6 is 34.7 Å². The molecule has 1 aromatic heterocycles. The lowest BCUT2D eigenvalue weighted by Crippen LogP contribution is -2.33. The Hall–Kier alpha value is 0.230. The zero-order chi connectivity index (χ0) is 9.97. The van der Waals surface area contributed by atoms with Crippen molar-refractivity contribution in [1.29, 1.82) is 0 Å². The first kappa shape index (κ1) is 10.7. The highest BCUT2D eigenvalue weighted by molar-refractivity contribution is 7.99. The quantitative estimate of drug-likeness (QED) is 0.890. The van der Waals surface area contributed by atoms with Crippen LogP contribution in [0, 0.1) is 5.92 Å². The van der Waals surface area contributed by atoms with E-state index >= 15 is 0 Å². The van der Waals surface area contributed by atoms with Crippen LogP contribution in [-0.2, 0) is 6.54 Å². The molecule has 0 aromatic carbocycles. The Bertz CT molecular complexity index is 303. The fourth-order valence-corrected chi connectivity index (χ4v) is 3.86. The Morgan fingerprint density at radius 3 is 3.07 bits per heavy atom. The van der Waals surface area contributed by atoms with Crippen LogP contribution < -0.4 is 5.32 Å². The Kier molecular flexibility index (Phi) is 3.71. The van der Waals surface area contributed by atoms with Gasteiger partial charge < -0.3 is 5.32 Å². The van der Waals surface area contributed by atoms with Crippen molar-refractivity contribution in [2.45, 2.75) is 19.5 Å². The zero-order valence-corrected chi connectivity index (χ0v) is 10.4. The maximum Gasteiger partial charge on any atom is 0.113 e. The lowest BCUT2D eigenvalue weighted by Gasteiger charge is -2.14. The average molecular weight is 249 g/mol. The van der Waals surface area contributed by atoms with Gasteiger partial charge in [0.05, 0.1) is 6.20 Å². The third-order valence-electron chi connectivity index (χ3n) is 2.41. The van der Waals surface area contributed by atoms with Crippen LogP contribution in [-0.4, -0.2) is 22.5 Å². The van der Waals surface area contributed by atoms with Crippen molar-refractivity contribution in [3.05, 3.63) is 15.5 Å². The Labute approximate surface area is 97.5 Å². The van der Waals surface area contributed by atoms with Crippen molar-refractivity contribution < 1.29 is 0 Å². The molecule has 1 N–H and O–H groups in total. The van der Waals surface area contributed by atoms with E-state index in [-0.39, 0.29) is 0 Å². The summed E-state index contributed by atoms with van der Waals surface area (Å²) in [6.45, 7) is 3.15. The summed E-state index contributed by atoms with van der Waals surface area (Å²) in [6, 6.07) is 0.641. The summed E-state index contributed by atoms with van der Waals surface area (Å²) in [6.07, 6.45) is 1.72. The summed E-state index contributed by atoms with van der Waals surface area (Å²) in [4.78, 5) is 4.22. The SMILES string of the molecule is CC1CSCC1NCc1ncc(Cl)s1. The molecule has 1 aliphatic heterocycles. The number of halogens is 1. The summed E-state index contributed by atoms with van der Waals surface area (Å²) < 4.78 is 0.774. The molecular formula is C9H13ClN2S2. The van der Waals surface area contributed by atoms with E-state index in [2.05, 4.69) is 17.2 Å². The van der Waals surface area contributed by atoms with E-state index in [0.717, 1.165) is 21.8 Å². The molecule has 1 aliphatic rings. The monoisotopic (exact) mass is 248 g/mol. The smallest absolute Gasteiger partial charge is 0.113 e. The second kappa shape index (κ2) is 4.84. The van der Waals surface area contributed by atoms with Crippen molar-refractivity contribution in [3.8, 4) is 0 Å². The molecule has 0 bridgehead atoms. The van der Waals surface area contributed by atoms with Crippen LogP contribution in [0.3, 0.4) is 0 Å². The summed E-state index contributed by atoms with van der Waals surface area (Å²) in [5, 5.41) is 4.61. The number of nitrogens with zero attached hydrogens (tertiary/aromatic N) is 1. The number of aromatic nitrogens is 1. The van der Waals surface area contributed by atoms with E-state index in [0.29, 0.717) is 6.04 Å². The fourth-order valence-electron chi connectivity index (χ4n) is 1.51. The van der Waals surface area contributed by atoms with Gasteiger partial charge in [-0.05, 0) is 11.7 Å². The van der Waals surface area contributed by atoms with Crippen LogP contribution in [0.1, 0.15) is 11.9 Å². The highest BCUT2D eigenvalue weighted by Crippen LogP contribution is 2.24. The first-order chi connectivity index (χ1) is 6.75. The normalized spacial score (nSPS) is 27.0. The van der Waals surface area contributed by atoms with Gasteiger partial charge in [0.15, 0.2) is 0 Å². The molecule has 0 aliphatic carbocycles. The summed E-state index contributed by atoms with van der Waals surface area (Å²) >= 11 is 9.39. The molecule has 2 rings (SSSR count). The second-order valence-corrected chi connectivity index (χ2v) is 6.38. The van der Waals surface area contributed by atoms with E-state index in [4.69, 9.17) is 11.6 Å². The molecular weight excluding hydrogens is 236 g/mol. The Balaban J connectivity index is 1.82. The Morgan fingerprint density at radius 1 is 1.64 bits per heavy atom. The van der Waals surface area contributed by atoms with Crippen molar-refractivity contribution in [2.75, 3.05) is 11.5 Å². The van der Waals surface area contributed by atoms with Gasteiger partial charge in [0.2, 0.25) is 0 Å². The number of rotatable bonds is 3. The number of thiazole rings is 1. The fraction of sp³-hybridized carbons (Fsp3) is 0.667. The van der Waals surface area contributed by atoms with E-state index in [1.807, 2.05) is 11.8 Å². The Morgan fingerprint density at radius 2 is 2.50 bits per heavy atom. The molecule has 1 fully saturated rings. The topological polar surface area (TPSA) is 24.9 Å². The van der Waals surface area contributed by atoms with Gasteiger partial charge in [-0.3, -0.25) is 0 Å². The third kappa shape index (κ3) is 2.63. The van der Waals surface area contributed by atoms with E-state index in [1.165, 1.54) is 11.5 Å². The van der Waals surface area contributed by atoms with Crippen molar-refractivity contribution in [3.63, 3.8) is 0 Å². The molecule has 2 unspecified atom stereocenters. The number of thioether (sulfide) groups is 1. The van der Waals surface area contributed by atoms with Gasteiger partial charge in [-0.15, -0.1) is 11.3 Å². The van der Waals surface area contributed by atoms with Gasteiger partial charge in [-0.2, -0.15) is 11.8 Å². The van der Waals surface area contributed by atoms with Gasteiger partial charge in [-0.25, -0.2) is 4.98 Å². The lowest BCUT2D eigenvalue weighted by atomic mass is 10.1. The number of hydrogen-bond acceptors (Lipinski definition) is 4. The predicted octanol–water partition coefficient (Wildman–Crippen LogP) is 2.64. The summed E-state index contributed by atoms with van der Waals surface area (Å²) in [5.41, 5.74) is 0. The third-order valence-corrected chi connectivity index (χ3v) is 4.88. The molecule has 2 heterocycles. The number of nitrogens with one attached hydrogen (secondary N) is 1. The van der Waals surface area contributed by atoms with Crippen molar-refractivity contribution in [1.82, 2.24) is 10.3 Å². The van der Waals surface area contributed by atoms with E-state index < -0.39 is 0 Å². The molecule has 0 spiro atoms. The molecule has 1 aromatic rings. The molecule has 14 heavy (non-hydrogen) atoms. The van der Waals surface area contributed by atoms with Crippen LogP contribution in [0.2, 0.25) is 4.34 Å². The van der Waals surface area contributed by atoms with Gasteiger partial charge in [-0.1, -0.05) is 18.5 Å². The first-order valence-electron chi connectivity index (χ1n) is 4.67. The number of hydrogen-bond donors (Lipinski definition) is 1. The molecule has 2 atom stereocenters. The lowest BCUT2D eigenvalue weighted by molar-refractivity contribution is 0.453. The summed E-state index contributed by atoms with van der Waals surface area (Å²) in [5.74, 6) is 3.27. The molecule has 1 saturated heterocycles. The maximum absolute atomic E-state index is 5.81. The largest absolute Gasteiger partial charge is 0.307 e. The van der Waals surface area contributed by atoms with Crippen LogP contribution in [0.25, 0.3) is 0 Å². The molecule has 0 saturated carbocycles. The molecule has 0 radical (unpaired) electrons. The standard InChI is InChI=1S/C9H13ClN2S2/c1-6-4-13-5-7(6)11-3-9-12-2-8(10)14-9/h2,6-7,11H,3-5H2,1H3. The van der Waals surface area contributed by atoms with E-state index in [9.17, 15) is 0 Å². The van der Waals surface area contributed by atoms with E-state index in [1.54, 1.807) is 17.5 Å². The first-order valence-corrected chi connectivity index (χ1v) is 7.02. The van der Waals surface area contributed by atoms with Gasteiger partial charge in [0.1, 0.15) is 9.34 Å². The van der Waals surface area contributed by atoms with Crippen molar-refractivity contribution >= 4 is 34.7 Å². The predicted molar refractivity (Wildman–Crippen MR) is 64.2 cm³/mol.